The second-order valence-electron chi connectivity index (χ2n) is 7.56. The Bertz CT molecular complexity index is 1290. The third kappa shape index (κ3) is 3.87. The fourth-order valence-electron chi connectivity index (χ4n) is 3.63. The van der Waals surface area contributed by atoms with Crippen molar-refractivity contribution in [3.05, 3.63) is 106 Å². The molecule has 2 aliphatic rings. The lowest BCUT2D eigenvalue weighted by molar-refractivity contribution is 0.101. The molecule has 0 bridgehead atoms. The van der Waals surface area contributed by atoms with Crippen LogP contribution in [-0.2, 0) is 6.61 Å². The predicted octanol–water partition coefficient (Wildman–Crippen LogP) is 6.38. The van der Waals surface area contributed by atoms with Crippen LogP contribution in [0.5, 0.6) is 17.2 Å². The van der Waals surface area contributed by atoms with Gasteiger partial charge in [-0.1, -0.05) is 35.9 Å². The first-order valence-corrected chi connectivity index (χ1v) is 10.5. The number of hydrogen-bond donors (Lipinski definition) is 0. The number of ether oxygens (including phenoxy) is 3. The first kappa shape index (κ1) is 20.3. The molecule has 2 aliphatic heterocycles. The van der Waals surface area contributed by atoms with Gasteiger partial charge in [0.05, 0.1) is 10.6 Å². The average molecular weight is 449 g/mol. The Balaban J connectivity index is 1.35. The third-order valence-electron chi connectivity index (χ3n) is 5.36. The van der Waals surface area contributed by atoms with Crippen LogP contribution in [0.4, 0.5) is 4.39 Å². The number of fused-ring (bicyclic) bond motifs is 2. The molecule has 0 N–H and O–H groups in total. The lowest BCUT2D eigenvalue weighted by Crippen LogP contribution is -2.18. The minimum absolute atomic E-state index is 0.162. The van der Waals surface area contributed by atoms with Gasteiger partial charge in [-0.05, 0) is 55.0 Å². The molecule has 0 amide bonds. The normalized spacial score (nSPS) is 17.8. The standard InChI is InChI=1S/C26H18ClFO4/c1-15-18(10-16-4-2-3-5-23(16)31-15)11-25-26(29)21-9-8-20(13-24(21)32-25)30-14-17-6-7-19(28)12-22(17)27/h2-13,15H,14H2,1H3/b25-11-/t15-/m0/s1. The van der Waals surface area contributed by atoms with Crippen molar-refractivity contribution in [1.29, 1.82) is 0 Å². The zero-order valence-corrected chi connectivity index (χ0v) is 17.9. The van der Waals surface area contributed by atoms with Crippen molar-refractivity contribution in [3.8, 4) is 17.2 Å². The van der Waals surface area contributed by atoms with Crippen molar-refractivity contribution in [1.82, 2.24) is 0 Å². The quantitative estimate of drug-likeness (QED) is 0.434. The molecule has 5 rings (SSSR count). The molecule has 0 saturated heterocycles. The summed E-state index contributed by atoms with van der Waals surface area (Å²) >= 11 is 6.05. The minimum atomic E-state index is -0.404. The van der Waals surface area contributed by atoms with Gasteiger partial charge in [0.25, 0.3) is 0 Å². The van der Waals surface area contributed by atoms with Crippen LogP contribution in [-0.4, -0.2) is 11.9 Å². The minimum Gasteiger partial charge on any atom is -0.489 e. The molecule has 160 valence electrons. The Morgan fingerprint density at radius 2 is 1.94 bits per heavy atom. The van der Waals surface area contributed by atoms with Gasteiger partial charge in [-0.25, -0.2) is 4.39 Å². The van der Waals surface area contributed by atoms with Gasteiger partial charge in [0.15, 0.2) is 5.76 Å². The molecule has 4 nitrogen and oxygen atoms in total. The van der Waals surface area contributed by atoms with E-state index in [4.69, 9.17) is 25.8 Å². The third-order valence-corrected chi connectivity index (χ3v) is 5.71. The molecule has 0 radical (unpaired) electrons. The number of allylic oxidation sites excluding steroid dienone is 1. The lowest BCUT2D eigenvalue weighted by Gasteiger charge is -2.22. The summed E-state index contributed by atoms with van der Waals surface area (Å²) in [5.74, 6) is 1.39. The second kappa shape index (κ2) is 8.17. The van der Waals surface area contributed by atoms with Gasteiger partial charge in [0.2, 0.25) is 5.78 Å². The molecular formula is C26H18ClFO4. The Kier molecular flexibility index (Phi) is 5.19. The number of carbonyl (C=O) groups is 1. The van der Waals surface area contributed by atoms with Crippen molar-refractivity contribution >= 4 is 23.5 Å². The van der Waals surface area contributed by atoms with E-state index in [0.29, 0.717) is 27.6 Å². The van der Waals surface area contributed by atoms with Gasteiger partial charge in [-0.15, -0.1) is 0 Å². The molecule has 0 spiro atoms. The highest BCUT2D eigenvalue weighted by atomic mass is 35.5. The van der Waals surface area contributed by atoms with E-state index >= 15 is 0 Å². The smallest absolute Gasteiger partial charge is 0.231 e. The molecule has 2 heterocycles. The Morgan fingerprint density at radius 1 is 1.09 bits per heavy atom. The van der Waals surface area contributed by atoms with Gasteiger partial charge in [0.1, 0.15) is 35.8 Å². The number of ketones is 1. The number of benzene rings is 3. The molecular weight excluding hydrogens is 431 g/mol. The molecule has 3 aromatic carbocycles. The summed E-state index contributed by atoms with van der Waals surface area (Å²) in [6, 6.07) is 16.9. The summed E-state index contributed by atoms with van der Waals surface area (Å²) in [6.45, 7) is 2.09. The molecule has 0 aromatic heterocycles. The SMILES string of the molecule is C[C@@H]1Oc2ccccc2C=C1/C=C1\Oc2cc(OCc3ccc(F)cc3Cl)ccc2C1=O. The van der Waals surface area contributed by atoms with E-state index in [-0.39, 0.29) is 24.3 Å². The summed E-state index contributed by atoms with van der Waals surface area (Å²) in [5, 5.41) is 0.293. The second-order valence-corrected chi connectivity index (χ2v) is 7.97. The summed E-state index contributed by atoms with van der Waals surface area (Å²) in [6.07, 6.45) is 3.51. The van der Waals surface area contributed by atoms with Crippen LogP contribution in [0.2, 0.25) is 5.02 Å². The predicted molar refractivity (Wildman–Crippen MR) is 120 cm³/mol. The van der Waals surface area contributed by atoms with Crippen molar-refractivity contribution in [3.63, 3.8) is 0 Å². The van der Waals surface area contributed by atoms with E-state index in [2.05, 4.69) is 0 Å². The van der Waals surface area contributed by atoms with E-state index < -0.39 is 5.82 Å². The van der Waals surface area contributed by atoms with Crippen LogP contribution in [0.1, 0.15) is 28.4 Å². The van der Waals surface area contributed by atoms with Crippen LogP contribution >= 0.6 is 11.6 Å². The fraction of sp³-hybridized carbons (Fsp3) is 0.115. The van der Waals surface area contributed by atoms with Crippen molar-refractivity contribution in [2.45, 2.75) is 19.6 Å². The number of halogens is 2. The molecule has 0 fully saturated rings. The molecule has 0 aliphatic carbocycles. The largest absolute Gasteiger partial charge is 0.489 e. The molecule has 1 atom stereocenters. The highest BCUT2D eigenvalue weighted by Crippen LogP contribution is 2.36. The van der Waals surface area contributed by atoms with E-state index in [1.165, 1.54) is 12.1 Å². The first-order chi connectivity index (χ1) is 15.5. The van der Waals surface area contributed by atoms with E-state index in [1.54, 1.807) is 30.3 Å². The van der Waals surface area contributed by atoms with Gasteiger partial charge < -0.3 is 14.2 Å². The average Bonchev–Trinajstić information content (AvgIpc) is 3.08. The van der Waals surface area contributed by atoms with Crippen molar-refractivity contribution in [2.24, 2.45) is 0 Å². The fourth-order valence-corrected chi connectivity index (χ4v) is 3.85. The van der Waals surface area contributed by atoms with Crippen LogP contribution in [0, 0.1) is 5.82 Å². The molecule has 6 heteroatoms. The van der Waals surface area contributed by atoms with Gasteiger partial charge in [-0.2, -0.15) is 0 Å². The van der Waals surface area contributed by atoms with E-state index in [0.717, 1.165) is 16.9 Å². The first-order valence-electron chi connectivity index (χ1n) is 10.1. The number of rotatable bonds is 4. The van der Waals surface area contributed by atoms with Crippen LogP contribution in [0.25, 0.3) is 6.08 Å². The zero-order valence-electron chi connectivity index (χ0n) is 17.1. The van der Waals surface area contributed by atoms with E-state index in [1.807, 2.05) is 37.3 Å². The molecule has 0 unspecified atom stereocenters. The summed E-state index contributed by atoms with van der Waals surface area (Å²) in [5.41, 5.74) is 2.93. The van der Waals surface area contributed by atoms with Crippen LogP contribution in [0.15, 0.2) is 78.1 Å². The molecule has 0 saturated carbocycles. The van der Waals surface area contributed by atoms with Gasteiger partial charge in [0, 0.05) is 17.2 Å². The Morgan fingerprint density at radius 3 is 2.78 bits per heavy atom. The monoisotopic (exact) mass is 448 g/mol. The summed E-state index contributed by atoms with van der Waals surface area (Å²) < 4.78 is 30.8. The highest BCUT2D eigenvalue weighted by Gasteiger charge is 2.29. The topological polar surface area (TPSA) is 44.8 Å². The van der Waals surface area contributed by atoms with Crippen LogP contribution < -0.4 is 14.2 Å². The van der Waals surface area contributed by atoms with Gasteiger partial charge >= 0.3 is 0 Å². The number of carbonyl (C=O) groups excluding carboxylic acids is 1. The van der Waals surface area contributed by atoms with Crippen molar-refractivity contribution in [2.75, 3.05) is 0 Å². The highest BCUT2D eigenvalue weighted by molar-refractivity contribution is 6.31. The Hall–Kier alpha value is -3.57. The van der Waals surface area contributed by atoms with Gasteiger partial charge in [-0.3, -0.25) is 4.79 Å². The maximum atomic E-state index is 13.2. The molecule has 32 heavy (non-hydrogen) atoms. The summed E-state index contributed by atoms with van der Waals surface area (Å²) in [7, 11) is 0. The number of hydrogen-bond acceptors (Lipinski definition) is 4. The van der Waals surface area contributed by atoms with E-state index in [9.17, 15) is 9.18 Å². The van der Waals surface area contributed by atoms with Crippen molar-refractivity contribution < 1.29 is 23.4 Å². The summed E-state index contributed by atoms with van der Waals surface area (Å²) in [4.78, 5) is 12.8. The zero-order chi connectivity index (χ0) is 22.2. The Labute approximate surface area is 189 Å². The maximum Gasteiger partial charge on any atom is 0.231 e. The molecule has 3 aromatic rings. The lowest BCUT2D eigenvalue weighted by atomic mass is 10.0. The maximum absolute atomic E-state index is 13.2. The number of Topliss-reactive ketones (excluding diaryl/α,β-unsaturated/α-hetero) is 1. The van der Waals surface area contributed by atoms with Crippen LogP contribution in [0.3, 0.4) is 0 Å². The number of para-hydroxylation sites is 1.